The number of nitrogens with zero attached hydrogens (tertiary/aromatic N) is 3. The number of ether oxygens (including phenoxy) is 1. The molecule has 3 N–H and O–H groups in total. The molecule has 38 heavy (non-hydrogen) atoms. The van der Waals surface area contributed by atoms with Crippen molar-refractivity contribution in [2.45, 2.75) is 38.8 Å². The molecule has 0 spiro atoms. The fraction of sp³-hybridized carbons (Fsp3) is 0.292. The molecule has 0 saturated carbocycles. The summed E-state index contributed by atoms with van der Waals surface area (Å²) < 4.78 is 46.0. The quantitative estimate of drug-likeness (QED) is 0.283. The number of carboxylic acid groups (broad SMARTS) is 1. The van der Waals surface area contributed by atoms with E-state index < -0.39 is 41.5 Å². The Kier molecular flexibility index (Phi) is 10.1. The summed E-state index contributed by atoms with van der Waals surface area (Å²) >= 11 is 1.03. The molecule has 0 aliphatic heterocycles. The zero-order valence-corrected chi connectivity index (χ0v) is 20.9. The number of hydrogen-bond donors (Lipinski definition) is 3. The molecule has 10 nitrogen and oxygen atoms in total. The fourth-order valence-electron chi connectivity index (χ4n) is 3.41. The van der Waals surface area contributed by atoms with Crippen molar-refractivity contribution < 1.29 is 37.4 Å². The van der Waals surface area contributed by atoms with Crippen molar-refractivity contribution in [2.75, 3.05) is 11.9 Å². The van der Waals surface area contributed by atoms with Crippen molar-refractivity contribution in [3.05, 3.63) is 65.5 Å². The topological polar surface area (TPSA) is 134 Å². The standard InChI is InChI=1S/C24H24F3N5O5S/c1-14(33)32(28-12-16-4-2-6-19(26)21(16)27)18(5-3-7-20(34)35)13-37-24(36)29-23-31-30-22(38-23)15-8-10-17(25)11-9-15/h2,4,6,8-11,18,28H,3,5,7,12-13H2,1H3,(H,34,35)(H,29,31,36)/t18-/m0/s1. The zero-order valence-electron chi connectivity index (χ0n) is 20.1. The van der Waals surface area contributed by atoms with Gasteiger partial charge in [0.2, 0.25) is 11.0 Å². The molecule has 2 aromatic carbocycles. The lowest BCUT2D eigenvalue weighted by molar-refractivity contribution is -0.137. The number of aliphatic carboxylic acids is 1. The second-order valence-corrected chi connectivity index (χ2v) is 9.00. The first-order valence-electron chi connectivity index (χ1n) is 11.3. The van der Waals surface area contributed by atoms with E-state index in [0.717, 1.165) is 22.4 Å². The molecule has 3 rings (SSSR count). The van der Waals surface area contributed by atoms with Crippen LogP contribution in [0.1, 0.15) is 31.7 Å². The highest BCUT2D eigenvalue weighted by Gasteiger charge is 2.24. The minimum atomic E-state index is -1.07. The fourth-order valence-corrected chi connectivity index (χ4v) is 4.14. The van der Waals surface area contributed by atoms with E-state index in [-0.39, 0.29) is 43.1 Å². The van der Waals surface area contributed by atoms with Crippen molar-refractivity contribution in [3.8, 4) is 10.6 Å². The highest BCUT2D eigenvalue weighted by molar-refractivity contribution is 7.18. The smallest absolute Gasteiger partial charge is 0.413 e. The van der Waals surface area contributed by atoms with Gasteiger partial charge in [0.05, 0.1) is 6.04 Å². The van der Waals surface area contributed by atoms with Crippen molar-refractivity contribution >= 4 is 34.4 Å². The number of aromatic nitrogens is 2. The lowest BCUT2D eigenvalue weighted by Crippen LogP contribution is -2.50. The van der Waals surface area contributed by atoms with Gasteiger partial charge in [0.15, 0.2) is 11.6 Å². The Hall–Kier alpha value is -4.04. The molecule has 1 heterocycles. The maximum atomic E-state index is 14.0. The summed E-state index contributed by atoms with van der Waals surface area (Å²) in [6.07, 6.45) is -0.813. The lowest BCUT2D eigenvalue weighted by atomic mass is 10.1. The molecule has 1 atom stereocenters. The van der Waals surface area contributed by atoms with Crippen LogP contribution in [-0.2, 0) is 20.9 Å². The van der Waals surface area contributed by atoms with Crippen LogP contribution in [-0.4, -0.2) is 50.9 Å². The number of benzene rings is 2. The van der Waals surface area contributed by atoms with Crippen LogP contribution in [0.3, 0.4) is 0 Å². The molecular formula is C24H24F3N5O5S. The molecule has 0 saturated heterocycles. The lowest BCUT2D eigenvalue weighted by Gasteiger charge is -2.31. The summed E-state index contributed by atoms with van der Waals surface area (Å²) in [5, 5.41) is 20.8. The first kappa shape index (κ1) is 28.5. The van der Waals surface area contributed by atoms with Crippen LogP contribution in [0.2, 0.25) is 0 Å². The van der Waals surface area contributed by atoms with Gasteiger partial charge in [0.25, 0.3) is 0 Å². The summed E-state index contributed by atoms with van der Waals surface area (Å²) in [6.45, 7) is 0.631. The van der Waals surface area contributed by atoms with E-state index in [4.69, 9.17) is 9.84 Å². The Labute approximate surface area is 219 Å². The van der Waals surface area contributed by atoms with Gasteiger partial charge in [-0.05, 0) is 43.2 Å². The molecule has 0 unspecified atom stereocenters. The van der Waals surface area contributed by atoms with Crippen molar-refractivity contribution in [2.24, 2.45) is 0 Å². The minimum Gasteiger partial charge on any atom is -0.481 e. The molecule has 202 valence electrons. The number of rotatable bonds is 12. The molecule has 1 aromatic heterocycles. The molecule has 14 heteroatoms. The van der Waals surface area contributed by atoms with Crippen molar-refractivity contribution in [1.82, 2.24) is 20.6 Å². The van der Waals surface area contributed by atoms with Crippen LogP contribution < -0.4 is 10.7 Å². The van der Waals surface area contributed by atoms with E-state index in [2.05, 4.69) is 20.9 Å². The predicted octanol–water partition coefficient (Wildman–Crippen LogP) is 4.35. The third-order valence-electron chi connectivity index (χ3n) is 5.24. The first-order chi connectivity index (χ1) is 18.1. The van der Waals surface area contributed by atoms with E-state index >= 15 is 0 Å². The summed E-state index contributed by atoms with van der Waals surface area (Å²) in [6, 6.07) is 8.36. The number of amides is 2. The Balaban J connectivity index is 1.64. The molecule has 0 radical (unpaired) electrons. The number of nitrogens with one attached hydrogen (secondary N) is 2. The van der Waals surface area contributed by atoms with Gasteiger partial charge in [0, 0.05) is 31.0 Å². The van der Waals surface area contributed by atoms with E-state index in [0.29, 0.717) is 10.6 Å². The van der Waals surface area contributed by atoms with E-state index in [1.165, 1.54) is 43.3 Å². The van der Waals surface area contributed by atoms with E-state index in [1.54, 1.807) is 0 Å². The number of carbonyl (C=O) groups is 3. The average Bonchev–Trinajstić information content (AvgIpc) is 3.33. The number of carboxylic acids is 1. The molecule has 0 aliphatic carbocycles. The molecule has 0 fully saturated rings. The van der Waals surface area contributed by atoms with Crippen LogP contribution in [0, 0.1) is 17.5 Å². The summed E-state index contributed by atoms with van der Waals surface area (Å²) in [4.78, 5) is 35.7. The first-order valence-corrected chi connectivity index (χ1v) is 12.2. The highest BCUT2D eigenvalue weighted by Crippen LogP contribution is 2.26. The van der Waals surface area contributed by atoms with Crippen LogP contribution in [0.15, 0.2) is 42.5 Å². The van der Waals surface area contributed by atoms with Gasteiger partial charge < -0.3 is 9.84 Å². The number of hydrazine groups is 1. The van der Waals surface area contributed by atoms with Gasteiger partial charge in [0.1, 0.15) is 17.4 Å². The second kappa shape index (κ2) is 13.5. The van der Waals surface area contributed by atoms with Gasteiger partial charge in [-0.1, -0.05) is 23.5 Å². The normalized spacial score (nSPS) is 11.6. The molecule has 0 bridgehead atoms. The van der Waals surface area contributed by atoms with Crippen LogP contribution in [0.5, 0.6) is 0 Å². The maximum absolute atomic E-state index is 14.0. The van der Waals surface area contributed by atoms with Gasteiger partial charge in [-0.15, -0.1) is 10.2 Å². The summed E-state index contributed by atoms with van der Waals surface area (Å²) in [7, 11) is 0. The highest BCUT2D eigenvalue weighted by atomic mass is 32.1. The minimum absolute atomic E-state index is 0.0348. The molecule has 2 amide bonds. The zero-order chi connectivity index (χ0) is 27.7. The molecule has 3 aromatic rings. The summed E-state index contributed by atoms with van der Waals surface area (Å²) in [5.41, 5.74) is 3.28. The second-order valence-electron chi connectivity index (χ2n) is 8.02. The Morgan fingerprint density at radius 1 is 1.11 bits per heavy atom. The molecular weight excluding hydrogens is 527 g/mol. The van der Waals surface area contributed by atoms with Crippen LogP contribution >= 0.6 is 11.3 Å². The monoisotopic (exact) mass is 551 g/mol. The van der Waals surface area contributed by atoms with E-state index in [1.807, 2.05) is 0 Å². The summed E-state index contributed by atoms with van der Waals surface area (Å²) in [5.74, 6) is -4.08. The Bertz CT molecular complexity index is 1270. The predicted molar refractivity (Wildman–Crippen MR) is 131 cm³/mol. The number of carbonyl (C=O) groups excluding carboxylic acids is 2. The van der Waals surface area contributed by atoms with Gasteiger partial charge >= 0.3 is 12.1 Å². The van der Waals surface area contributed by atoms with Gasteiger partial charge in [-0.25, -0.2) is 23.4 Å². The SMILES string of the molecule is CC(=O)N(NCc1cccc(F)c1F)[C@@H](CCCC(=O)O)COC(=O)Nc1nnc(-c2ccc(F)cc2)s1. The molecule has 0 aliphatic rings. The van der Waals surface area contributed by atoms with Crippen LogP contribution in [0.25, 0.3) is 10.6 Å². The average molecular weight is 552 g/mol. The van der Waals surface area contributed by atoms with Crippen molar-refractivity contribution in [3.63, 3.8) is 0 Å². The van der Waals surface area contributed by atoms with E-state index in [9.17, 15) is 27.6 Å². The Morgan fingerprint density at radius 3 is 2.53 bits per heavy atom. The number of anilines is 1. The van der Waals surface area contributed by atoms with Gasteiger partial charge in [-0.2, -0.15) is 0 Å². The van der Waals surface area contributed by atoms with Crippen LogP contribution in [0.4, 0.5) is 23.1 Å². The Morgan fingerprint density at radius 2 is 1.84 bits per heavy atom. The third-order valence-corrected chi connectivity index (χ3v) is 6.12. The van der Waals surface area contributed by atoms with Crippen molar-refractivity contribution in [1.29, 1.82) is 0 Å². The largest absolute Gasteiger partial charge is 0.481 e. The third kappa shape index (κ3) is 8.24. The van der Waals surface area contributed by atoms with Gasteiger partial charge in [-0.3, -0.25) is 19.9 Å². The number of hydrogen-bond acceptors (Lipinski definition) is 8. The number of halogens is 3. The maximum Gasteiger partial charge on any atom is 0.413 e.